The molecule has 0 aromatic carbocycles. The number of carbonyl (C=O) groups excluding carboxylic acids is 1. The van der Waals surface area contributed by atoms with E-state index in [-0.39, 0.29) is 24.9 Å². The lowest BCUT2D eigenvalue weighted by Gasteiger charge is -2.30. The van der Waals surface area contributed by atoms with Crippen molar-refractivity contribution < 1.29 is 18.3 Å². The summed E-state index contributed by atoms with van der Waals surface area (Å²) in [5, 5.41) is 0. The van der Waals surface area contributed by atoms with E-state index in [0.29, 0.717) is 25.3 Å². The predicted octanol–water partition coefficient (Wildman–Crippen LogP) is 2.65. The Kier molecular flexibility index (Phi) is 2.20. The third-order valence-corrected chi connectivity index (χ3v) is 4.52. The van der Waals surface area contributed by atoms with Gasteiger partial charge in [-0.25, -0.2) is 13.6 Å². The van der Waals surface area contributed by atoms with Gasteiger partial charge in [-0.2, -0.15) is 0 Å². The van der Waals surface area contributed by atoms with E-state index >= 15 is 0 Å². The van der Waals surface area contributed by atoms with Crippen molar-refractivity contribution in [2.45, 2.75) is 43.6 Å². The molecular formula is C12H17F2NO2. The molecule has 0 N–H and O–H groups in total. The van der Waals surface area contributed by atoms with Gasteiger partial charge in [-0.3, -0.25) is 0 Å². The first-order valence-electron chi connectivity index (χ1n) is 6.21. The van der Waals surface area contributed by atoms with Crippen LogP contribution >= 0.6 is 0 Å². The first-order valence-corrected chi connectivity index (χ1v) is 6.21. The Hall–Kier alpha value is -0.870. The standard InChI is InChI=1S/C12H17F2NO2/c1-15-7-11(17-10(15)16)4-8-2-3-12(13,14)6-9(8)5-11/h8-9H,2-7H2,1H3/t8-,9+,11?/m0/s1. The molecule has 96 valence electrons. The van der Waals surface area contributed by atoms with E-state index in [1.165, 1.54) is 0 Å². The van der Waals surface area contributed by atoms with Crippen molar-refractivity contribution in [3.05, 3.63) is 0 Å². The molecule has 1 aliphatic heterocycles. The van der Waals surface area contributed by atoms with Crippen LogP contribution in [0.15, 0.2) is 0 Å². The molecule has 0 radical (unpaired) electrons. The van der Waals surface area contributed by atoms with Crippen molar-refractivity contribution in [2.75, 3.05) is 13.6 Å². The van der Waals surface area contributed by atoms with Crippen LogP contribution in [0.25, 0.3) is 0 Å². The van der Waals surface area contributed by atoms with Crippen molar-refractivity contribution in [3.63, 3.8) is 0 Å². The maximum Gasteiger partial charge on any atom is 0.410 e. The number of hydrogen-bond acceptors (Lipinski definition) is 2. The monoisotopic (exact) mass is 245 g/mol. The average molecular weight is 245 g/mol. The predicted molar refractivity (Wildman–Crippen MR) is 56.9 cm³/mol. The number of nitrogens with zero attached hydrogens (tertiary/aromatic N) is 1. The molecular weight excluding hydrogens is 228 g/mol. The summed E-state index contributed by atoms with van der Waals surface area (Å²) in [5.74, 6) is -2.17. The lowest BCUT2D eigenvalue weighted by atomic mass is 9.80. The molecule has 3 aliphatic rings. The number of amides is 1. The minimum absolute atomic E-state index is 0.00592. The smallest absolute Gasteiger partial charge is 0.410 e. The molecule has 3 rings (SSSR count). The maximum atomic E-state index is 13.4. The second kappa shape index (κ2) is 3.33. The van der Waals surface area contributed by atoms with E-state index < -0.39 is 11.5 Å². The van der Waals surface area contributed by atoms with Gasteiger partial charge in [0.05, 0.1) is 6.54 Å². The molecule has 3 atom stereocenters. The summed E-state index contributed by atoms with van der Waals surface area (Å²) in [5.41, 5.74) is -0.471. The Morgan fingerprint density at radius 3 is 2.65 bits per heavy atom. The van der Waals surface area contributed by atoms with Crippen molar-refractivity contribution in [3.8, 4) is 0 Å². The second-order valence-corrected chi connectivity index (χ2v) is 5.93. The van der Waals surface area contributed by atoms with Crippen LogP contribution in [0.5, 0.6) is 0 Å². The number of alkyl halides is 2. The highest BCUT2D eigenvalue weighted by Crippen LogP contribution is 2.53. The Labute approximate surface area is 99.1 Å². The summed E-state index contributed by atoms with van der Waals surface area (Å²) < 4.78 is 32.1. The van der Waals surface area contributed by atoms with E-state index in [1.54, 1.807) is 11.9 Å². The summed E-state index contributed by atoms with van der Waals surface area (Å²) in [4.78, 5) is 13.0. The van der Waals surface area contributed by atoms with Gasteiger partial charge in [-0.15, -0.1) is 0 Å². The maximum absolute atomic E-state index is 13.4. The number of rotatable bonds is 0. The van der Waals surface area contributed by atoms with Crippen LogP contribution in [-0.2, 0) is 4.74 Å². The molecule has 17 heavy (non-hydrogen) atoms. The normalized spacial score (nSPS) is 43.9. The van der Waals surface area contributed by atoms with Crippen LogP contribution in [0.1, 0.15) is 32.1 Å². The molecule has 1 heterocycles. The minimum Gasteiger partial charge on any atom is -0.441 e. The van der Waals surface area contributed by atoms with Crippen molar-refractivity contribution in [1.82, 2.24) is 4.90 Å². The van der Waals surface area contributed by atoms with E-state index in [1.807, 2.05) is 0 Å². The molecule has 1 spiro atoms. The van der Waals surface area contributed by atoms with Gasteiger partial charge in [0.15, 0.2) is 0 Å². The van der Waals surface area contributed by atoms with Crippen LogP contribution in [-0.4, -0.2) is 36.1 Å². The molecule has 3 nitrogen and oxygen atoms in total. The fraction of sp³-hybridized carbons (Fsp3) is 0.917. The van der Waals surface area contributed by atoms with Crippen molar-refractivity contribution >= 4 is 6.09 Å². The fourth-order valence-electron chi connectivity index (χ4n) is 3.84. The Morgan fingerprint density at radius 1 is 1.29 bits per heavy atom. The van der Waals surface area contributed by atoms with Crippen LogP contribution in [0.2, 0.25) is 0 Å². The number of hydrogen-bond donors (Lipinski definition) is 0. The van der Waals surface area contributed by atoms with Gasteiger partial charge >= 0.3 is 6.09 Å². The number of likely N-dealkylation sites (N-methyl/N-ethyl adjacent to an activating group) is 1. The lowest BCUT2D eigenvalue weighted by Crippen LogP contribution is -2.31. The third kappa shape index (κ3) is 1.79. The molecule has 0 bridgehead atoms. The molecule has 2 saturated carbocycles. The van der Waals surface area contributed by atoms with E-state index in [9.17, 15) is 13.6 Å². The topological polar surface area (TPSA) is 29.5 Å². The zero-order valence-corrected chi connectivity index (χ0v) is 9.92. The quantitative estimate of drug-likeness (QED) is 0.656. The van der Waals surface area contributed by atoms with Gasteiger partial charge in [0, 0.05) is 19.9 Å². The summed E-state index contributed by atoms with van der Waals surface area (Å²) in [6.07, 6.45) is 1.61. The molecule has 1 amide bonds. The highest BCUT2D eigenvalue weighted by atomic mass is 19.3. The second-order valence-electron chi connectivity index (χ2n) is 5.93. The molecule has 2 aliphatic carbocycles. The SMILES string of the molecule is CN1CC2(C[C@@H]3CCC(F)(F)C[C@H]3C2)OC1=O. The molecule has 1 saturated heterocycles. The van der Waals surface area contributed by atoms with Crippen LogP contribution in [0, 0.1) is 11.8 Å². The van der Waals surface area contributed by atoms with Gasteiger partial charge in [0.25, 0.3) is 0 Å². The Bertz CT molecular complexity index is 360. The number of carbonyl (C=O) groups is 1. The van der Waals surface area contributed by atoms with Crippen LogP contribution in [0.4, 0.5) is 13.6 Å². The highest BCUT2D eigenvalue weighted by Gasteiger charge is 2.56. The molecule has 3 fully saturated rings. The average Bonchev–Trinajstić information content (AvgIpc) is 2.65. The fourth-order valence-corrected chi connectivity index (χ4v) is 3.84. The molecule has 1 unspecified atom stereocenters. The molecule has 0 aromatic heterocycles. The summed E-state index contributed by atoms with van der Waals surface area (Å²) in [6.45, 7) is 0.560. The van der Waals surface area contributed by atoms with Crippen LogP contribution in [0.3, 0.4) is 0 Å². The Morgan fingerprint density at radius 2 is 2.00 bits per heavy atom. The zero-order chi connectivity index (χ0) is 12.3. The van der Waals surface area contributed by atoms with Gasteiger partial charge in [-0.05, 0) is 31.1 Å². The van der Waals surface area contributed by atoms with E-state index in [0.717, 1.165) is 6.42 Å². The number of ether oxygens (including phenoxy) is 1. The van der Waals surface area contributed by atoms with Crippen LogP contribution < -0.4 is 0 Å². The van der Waals surface area contributed by atoms with Gasteiger partial charge in [-0.1, -0.05) is 0 Å². The summed E-state index contributed by atoms with van der Waals surface area (Å²) in [7, 11) is 1.70. The third-order valence-electron chi connectivity index (χ3n) is 4.52. The first kappa shape index (κ1) is 11.2. The first-order chi connectivity index (χ1) is 7.89. The largest absolute Gasteiger partial charge is 0.441 e. The molecule has 5 heteroatoms. The summed E-state index contributed by atoms with van der Waals surface area (Å²) >= 11 is 0. The minimum atomic E-state index is -2.51. The highest BCUT2D eigenvalue weighted by molar-refractivity contribution is 5.70. The molecule has 0 aromatic rings. The van der Waals surface area contributed by atoms with E-state index in [2.05, 4.69) is 0 Å². The Balaban J connectivity index is 1.75. The van der Waals surface area contributed by atoms with Crippen molar-refractivity contribution in [2.24, 2.45) is 11.8 Å². The van der Waals surface area contributed by atoms with Gasteiger partial charge < -0.3 is 9.64 Å². The van der Waals surface area contributed by atoms with Gasteiger partial charge in [0.1, 0.15) is 5.60 Å². The van der Waals surface area contributed by atoms with E-state index in [4.69, 9.17) is 4.74 Å². The van der Waals surface area contributed by atoms with Crippen molar-refractivity contribution in [1.29, 1.82) is 0 Å². The number of halogens is 2. The van der Waals surface area contributed by atoms with Gasteiger partial charge in [0.2, 0.25) is 5.92 Å². The zero-order valence-electron chi connectivity index (χ0n) is 9.92. The lowest BCUT2D eigenvalue weighted by molar-refractivity contribution is -0.0636. The summed E-state index contributed by atoms with van der Waals surface area (Å²) in [6, 6.07) is 0. The number of fused-ring (bicyclic) bond motifs is 1.